The number of nitrogens with zero attached hydrogens (tertiary/aromatic N) is 8. The maximum absolute atomic E-state index is 12.6. The number of carbonyl (C=O) groups is 1. The van der Waals surface area contributed by atoms with Crippen molar-refractivity contribution in [3.05, 3.63) is 42.7 Å². The number of rotatable bonds is 7. The first-order valence-corrected chi connectivity index (χ1v) is 12.4. The molecule has 13 nitrogen and oxygen atoms in total. The fraction of sp³-hybridized carbons (Fsp3) is 0.333. The normalized spacial score (nSPS) is 14.2. The van der Waals surface area contributed by atoms with Crippen LogP contribution >= 0.6 is 0 Å². The highest BCUT2D eigenvalue weighted by Gasteiger charge is 2.35. The zero-order valence-corrected chi connectivity index (χ0v) is 19.8. The third-order valence-corrected chi connectivity index (χ3v) is 7.49. The molecule has 182 valence electrons. The Balaban J connectivity index is 1.52. The Bertz CT molecular complexity index is 1530. The number of amides is 1. The van der Waals surface area contributed by atoms with Crippen LogP contribution in [0.3, 0.4) is 0 Å². The van der Waals surface area contributed by atoms with E-state index in [4.69, 9.17) is 4.74 Å². The highest BCUT2D eigenvalue weighted by molar-refractivity contribution is 7.90. The lowest BCUT2D eigenvalue weighted by molar-refractivity contribution is 0.0410. The van der Waals surface area contributed by atoms with Crippen molar-refractivity contribution in [3.8, 4) is 11.4 Å². The smallest absolute Gasteiger partial charge is 0.418 e. The molecule has 4 aromatic rings. The molecule has 35 heavy (non-hydrogen) atoms. The largest absolute Gasteiger partial charge is 0.464 e. The van der Waals surface area contributed by atoms with E-state index in [1.54, 1.807) is 6.07 Å². The molecule has 0 bridgehead atoms. The lowest BCUT2D eigenvalue weighted by Crippen LogP contribution is -2.43. The third kappa shape index (κ3) is 4.00. The molecule has 5 rings (SSSR count). The van der Waals surface area contributed by atoms with Gasteiger partial charge in [0.05, 0.1) is 42.9 Å². The Hall–Kier alpha value is -3.91. The first kappa shape index (κ1) is 22.9. The number of aromatic nitrogens is 7. The van der Waals surface area contributed by atoms with Crippen LogP contribution in [0.4, 0.5) is 16.4 Å². The van der Waals surface area contributed by atoms with Gasteiger partial charge in [0.15, 0.2) is 5.82 Å². The first-order chi connectivity index (χ1) is 16.8. The van der Waals surface area contributed by atoms with Crippen molar-refractivity contribution in [2.75, 3.05) is 18.1 Å². The molecule has 5 heterocycles. The minimum atomic E-state index is -3.70. The number of ether oxygens (including phenoxy) is 1. The van der Waals surface area contributed by atoms with Crippen LogP contribution in [0.25, 0.3) is 22.4 Å². The average Bonchev–Trinajstić information content (AvgIpc) is 3.39. The van der Waals surface area contributed by atoms with E-state index in [0.29, 0.717) is 11.1 Å². The topological polar surface area (TPSA) is 158 Å². The minimum Gasteiger partial charge on any atom is -0.464 e. The fourth-order valence-corrected chi connectivity index (χ4v) is 5.07. The number of pyridine rings is 1. The van der Waals surface area contributed by atoms with Gasteiger partial charge in [0.2, 0.25) is 0 Å². The van der Waals surface area contributed by atoms with Crippen molar-refractivity contribution >= 4 is 38.8 Å². The summed E-state index contributed by atoms with van der Waals surface area (Å²) >= 11 is 0. The molecule has 4 aromatic heterocycles. The quantitative estimate of drug-likeness (QED) is 0.400. The summed E-state index contributed by atoms with van der Waals surface area (Å²) in [5.74, 6) is 1.13. The number of anilines is 2. The molecule has 0 radical (unpaired) electrons. The highest BCUT2D eigenvalue weighted by Crippen LogP contribution is 2.28. The van der Waals surface area contributed by atoms with Gasteiger partial charge in [-0.15, -0.1) is 0 Å². The van der Waals surface area contributed by atoms with Gasteiger partial charge < -0.3 is 14.4 Å². The Morgan fingerprint density at radius 2 is 2.03 bits per heavy atom. The van der Waals surface area contributed by atoms with E-state index in [-0.39, 0.29) is 30.7 Å². The van der Waals surface area contributed by atoms with Crippen LogP contribution in [0.5, 0.6) is 0 Å². The van der Waals surface area contributed by atoms with Gasteiger partial charge >= 0.3 is 6.09 Å². The van der Waals surface area contributed by atoms with Crippen LogP contribution in [-0.4, -0.2) is 71.8 Å². The molecule has 0 spiro atoms. The summed E-state index contributed by atoms with van der Waals surface area (Å²) < 4.78 is 33.0. The molecule has 1 amide bonds. The molecule has 1 N–H and O–H groups in total. The number of hydrogen-bond acceptors (Lipinski definition) is 9. The summed E-state index contributed by atoms with van der Waals surface area (Å²) in [5.41, 5.74) is 1.75. The van der Waals surface area contributed by atoms with Gasteiger partial charge in [-0.2, -0.15) is 9.19 Å². The number of hydrogen-bond donors (Lipinski definition) is 1. The van der Waals surface area contributed by atoms with Gasteiger partial charge in [0, 0.05) is 24.9 Å². The van der Waals surface area contributed by atoms with E-state index >= 15 is 0 Å². The van der Waals surface area contributed by atoms with Crippen molar-refractivity contribution in [1.29, 1.82) is 0 Å². The molecule has 1 aliphatic heterocycles. The first-order valence-electron chi connectivity index (χ1n) is 10.9. The van der Waals surface area contributed by atoms with Crippen molar-refractivity contribution in [2.24, 2.45) is 0 Å². The molecule has 0 aliphatic carbocycles. The average molecular weight is 499 g/mol. The standard InChI is InChI=1S/C21H22N8O5S/c1-3-6-27-13(2)25-16-9-23-19(7-17(16)27)29(21(30)31)18-4-5-22-20(26-18)14-8-24-28(10-14)35(32,33)15-11-34-12-15/h4-5,7-10,15H,3,6,11-12H2,1-2H3,(H,30,31). The maximum Gasteiger partial charge on any atom is 0.418 e. The van der Waals surface area contributed by atoms with Crippen molar-refractivity contribution in [3.63, 3.8) is 0 Å². The Kier molecular flexibility index (Phi) is 5.68. The van der Waals surface area contributed by atoms with E-state index in [0.717, 1.165) is 33.3 Å². The molecule has 1 saturated heterocycles. The molecule has 14 heteroatoms. The van der Waals surface area contributed by atoms with E-state index in [1.165, 1.54) is 30.9 Å². The summed E-state index contributed by atoms with van der Waals surface area (Å²) in [7, 11) is -3.70. The van der Waals surface area contributed by atoms with Crippen molar-refractivity contribution in [1.82, 2.24) is 33.7 Å². The molecular formula is C21H22N8O5S. The van der Waals surface area contributed by atoms with Gasteiger partial charge in [0.1, 0.15) is 28.2 Å². The molecule has 0 atom stereocenters. The lowest BCUT2D eigenvalue weighted by Gasteiger charge is -2.25. The lowest BCUT2D eigenvalue weighted by atomic mass is 10.3. The van der Waals surface area contributed by atoms with Crippen molar-refractivity contribution < 1.29 is 23.1 Å². The van der Waals surface area contributed by atoms with E-state index in [9.17, 15) is 18.3 Å². The number of carboxylic acid groups (broad SMARTS) is 1. The van der Waals surface area contributed by atoms with Crippen LogP contribution in [0.1, 0.15) is 19.2 Å². The van der Waals surface area contributed by atoms with Gasteiger partial charge in [-0.25, -0.2) is 38.0 Å². The van der Waals surface area contributed by atoms with Gasteiger partial charge in [-0.3, -0.25) is 0 Å². The summed E-state index contributed by atoms with van der Waals surface area (Å²) in [6.45, 7) is 4.90. The van der Waals surface area contributed by atoms with Gasteiger partial charge in [0.25, 0.3) is 10.0 Å². The number of fused-ring (bicyclic) bond motifs is 1. The second-order valence-corrected chi connectivity index (χ2v) is 10.1. The molecule has 0 aromatic carbocycles. The molecule has 1 aliphatic rings. The predicted octanol–water partition coefficient (Wildman–Crippen LogP) is 2.20. The van der Waals surface area contributed by atoms with Crippen LogP contribution in [0.2, 0.25) is 0 Å². The Morgan fingerprint density at radius 1 is 1.23 bits per heavy atom. The zero-order valence-electron chi connectivity index (χ0n) is 18.9. The summed E-state index contributed by atoms with van der Waals surface area (Å²) in [5, 5.41) is 13.3. The molecular weight excluding hydrogens is 476 g/mol. The minimum absolute atomic E-state index is 0.0515. The summed E-state index contributed by atoms with van der Waals surface area (Å²) in [6, 6.07) is 3.09. The molecule has 0 saturated carbocycles. The summed E-state index contributed by atoms with van der Waals surface area (Å²) in [6.07, 6.45) is 5.14. The second kappa shape index (κ2) is 8.70. The maximum atomic E-state index is 12.6. The van der Waals surface area contributed by atoms with E-state index in [2.05, 4.69) is 25.0 Å². The van der Waals surface area contributed by atoms with Gasteiger partial charge in [-0.05, 0) is 13.3 Å². The number of imidazole rings is 1. The van der Waals surface area contributed by atoms with Gasteiger partial charge in [-0.1, -0.05) is 6.92 Å². The Labute approximate surface area is 200 Å². The van der Waals surface area contributed by atoms with Crippen LogP contribution in [-0.2, 0) is 21.3 Å². The summed E-state index contributed by atoms with van der Waals surface area (Å²) in [4.78, 5) is 30.5. The Morgan fingerprint density at radius 3 is 2.71 bits per heavy atom. The monoisotopic (exact) mass is 498 g/mol. The fourth-order valence-electron chi connectivity index (χ4n) is 3.79. The van der Waals surface area contributed by atoms with Crippen LogP contribution < -0.4 is 4.90 Å². The second-order valence-electron chi connectivity index (χ2n) is 8.00. The molecule has 1 fully saturated rings. The molecule has 0 unspecified atom stereocenters. The predicted molar refractivity (Wildman–Crippen MR) is 125 cm³/mol. The highest BCUT2D eigenvalue weighted by atomic mass is 32.2. The van der Waals surface area contributed by atoms with E-state index < -0.39 is 21.4 Å². The van der Waals surface area contributed by atoms with Crippen LogP contribution in [0, 0.1) is 6.92 Å². The third-order valence-electron chi connectivity index (χ3n) is 5.66. The van der Waals surface area contributed by atoms with Crippen molar-refractivity contribution in [2.45, 2.75) is 32.1 Å². The number of aryl methyl sites for hydroxylation is 2. The van der Waals surface area contributed by atoms with E-state index in [1.807, 2.05) is 18.4 Å². The SMILES string of the molecule is CCCn1c(C)nc2cnc(N(C(=O)O)c3ccnc(-c4cnn(S(=O)(=O)C5COC5)c4)n3)cc21. The zero-order chi connectivity index (χ0) is 24.7. The van der Waals surface area contributed by atoms with Crippen LogP contribution in [0.15, 0.2) is 36.9 Å².